The van der Waals surface area contributed by atoms with Crippen molar-refractivity contribution in [3.63, 3.8) is 0 Å². The number of hydrogen-bond acceptors (Lipinski definition) is 1. The minimum atomic E-state index is -0.0256. The molecule has 0 aliphatic heterocycles. The highest BCUT2D eigenvalue weighted by atomic mass is 16.1. The van der Waals surface area contributed by atoms with Gasteiger partial charge in [-0.3, -0.25) is 4.79 Å². The molecular weight excluding hydrogens is 186 g/mol. The minimum absolute atomic E-state index is 0.0256. The Morgan fingerprint density at radius 3 is 2.67 bits per heavy atom. The van der Waals surface area contributed by atoms with Crippen LogP contribution >= 0.6 is 0 Å². The fourth-order valence-corrected chi connectivity index (χ4v) is 1.09. The summed E-state index contributed by atoms with van der Waals surface area (Å²) in [6, 6.07) is 7.66. The van der Waals surface area contributed by atoms with Crippen molar-refractivity contribution >= 4 is 12.0 Å². The van der Waals surface area contributed by atoms with Gasteiger partial charge >= 0.3 is 0 Å². The van der Waals surface area contributed by atoms with E-state index in [9.17, 15) is 4.79 Å². The van der Waals surface area contributed by atoms with Crippen LogP contribution in [0.5, 0.6) is 0 Å². The van der Waals surface area contributed by atoms with E-state index >= 15 is 0 Å². The monoisotopic (exact) mass is 199 g/mol. The van der Waals surface area contributed by atoms with E-state index in [4.69, 9.17) is 6.42 Å². The quantitative estimate of drug-likeness (QED) is 0.739. The molecule has 0 aliphatic rings. The molecule has 2 nitrogen and oxygen atoms in total. The van der Waals surface area contributed by atoms with E-state index < -0.39 is 0 Å². The lowest BCUT2D eigenvalue weighted by atomic mass is 10.1. The summed E-state index contributed by atoms with van der Waals surface area (Å²) in [6.07, 6.45) is 9.08. The molecule has 1 aromatic rings. The molecule has 0 saturated carbocycles. The van der Waals surface area contributed by atoms with Gasteiger partial charge in [-0.25, -0.2) is 0 Å². The van der Waals surface area contributed by atoms with Crippen molar-refractivity contribution in [3.8, 4) is 12.3 Å². The molecule has 0 spiro atoms. The standard InChI is InChI=1S/C13H13NO/c1-3-12-6-8-13(9-7-12)5-4-10-14-11(2)15/h1,4-9H,10H2,2H3,(H,14,15). The molecular formula is C13H13NO. The Labute approximate surface area is 90.0 Å². The van der Waals surface area contributed by atoms with Crippen molar-refractivity contribution in [2.24, 2.45) is 0 Å². The van der Waals surface area contributed by atoms with Crippen molar-refractivity contribution in [1.82, 2.24) is 5.32 Å². The lowest BCUT2D eigenvalue weighted by Crippen LogP contribution is -2.19. The molecule has 0 heterocycles. The van der Waals surface area contributed by atoms with Crippen LogP contribution in [0.15, 0.2) is 30.3 Å². The van der Waals surface area contributed by atoms with Gasteiger partial charge in [0.15, 0.2) is 0 Å². The van der Waals surface area contributed by atoms with Crippen LogP contribution in [0.4, 0.5) is 0 Å². The zero-order valence-corrected chi connectivity index (χ0v) is 8.66. The number of terminal acetylenes is 1. The number of carbonyl (C=O) groups excluding carboxylic acids is 1. The lowest BCUT2D eigenvalue weighted by Gasteiger charge is -1.96. The minimum Gasteiger partial charge on any atom is -0.353 e. The van der Waals surface area contributed by atoms with E-state index in [2.05, 4.69) is 11.2 Å². The highest BCUT2D eigenvalue weighted by Gasteiger charge is 1.88. The molecule has 1 amide bonds. The predicted octanol–water partition coefficient (Wildman–Crippen LogP) is 1.82. The summed E-state index contributed by atoms with van der Waals surface area (Å²) in [7, 11) is 0. The molecule has 0 unspecified atom stereocenters. The number of amides is 1. The summed E-state index contributed by atoms with van der Waals surface area (Å²) in [5, 5.41) is 2.68. The number of rotatable bonds is 3. The highest BCUT2D eigenvalue weighted by molar-refractivity contribution is 5.73. The van der Waals surface area contributed by atoms with Gasteiger partial charge in [0.1, 0.15) is 0 Å². The van der Waals surface area contributed by atoms with E-state index in [1.54, 1.807) is 0 Å². The van der Waals surface area contributed by atoms with E-state index in [1.165, 1.54) is 6.92 Å². The van der Waals surface area contributed by atoms with Gasteiger partial charge in [0.25, 0.3) is 0 Å². The molecule has 0 radical (unpaired) electrons. The molecule has 0 bridgehead atoms. The van der Waals surface area contributed by atoms with Gasteiger partial charge in [-0.2, -0.15) is 0 Å². The number of benzene rings is 1. The van der Waals surface area contributed by atoms with Gasteiger partial charge in [-0.1, -0.05) is 30.2 Å². The smallest absolute Gasteiger partial charge is 0.217 e. The molecule has 15 heavy (non-hydrogen) atoms. The Bertz CT molecular complexity index is 396. The predicted molar refractivity (Wildman–Crippen MR) is 62.1 cm³/mol. The number of hydrogen-bond donors (Lipinski definition) is 1. The summed E-state index contributed by atoms with van der Waals surface area (Å²) in [6.45, 7) is 2.04. The van der Waals surface area contributed by atoms with Crippen LogP contribution in [0, 0.1) is 12.3 Å². The summed E-state index contributed by atoms with van der Waals surface area (Å²) >= 11 is 0. The molecule has 1 N–H and O–H groups in total. The zero-order valence-electron chi connectivity index (χ0n) is 8.66. The maximum absolute atomic E-state index is 10.6. The van der Waals surface area contributed by atoms with Gasteiger partial charge in [0.05, 0.1) is 0 Å². The molecule has 76 valence electrons. The summed E-state index contributed by atoms with van der Waals surface area (Å²) in [5.41, 5.74) is 1.94. The van der Waals surface area contributed by atoms with Crippen LogP contribution in [0.3, 0.4) is 0 Å². The average Bonchev–Trinajstić information content (AvgIpc) is 2.25. The van der Waals surface area contributed by atoms with Crippen LogP contribution in [-0.2, 0) is 4.79 Å². The van der Waals surface area contributed by atoms with Gasteiger partial charge < -0.3 is 5.32 Å². The lowest BCUT2D eigenvalue weighted by molar-refractivity contribution is -0.118. The first-order valence-corrected chi connectivity index (χ1v) is 4.70. The van der Waals surface area contributed by atoms with E-state index in [0.29, 0.717) is 6.54 Å². The van der Waals surface area contributed by atoms with Crippen molar-refractivity contribution in [2.75, 3.05) is 6.54 Å². The maximum Gasteiger partial charge on any atom is 0.217 e. The third kappa shape index (κ3) is 4.15. The van der Waals surface area contributed by atoms with Crippen LogP contribution in [0.25, 0.3) is 6.08 Å². The molecule has 2 heteroatoms. The first-order chi connectivity index (χ1) is 7.22. The summed E-state index contributed by atoms with van der Waals surface area (Å²) < 4.78 is 0. The van der Waals surface area contributed by atoms with Crippen molar-refractivity contribution < 1.29 is 4.79 Å². The second kappa shape index (κ2) is 5.66. The molecule has 0 fully saturated rings. The van der Waals surface area contributed by atoms with Crippen LogP contribution in [-0.4, -0.2) is 12.5 Å². The Morgan fingerprint density at radius 2 is 2.13 bits per heavy atom. The topological polar surface area (TPSA) is 29.1 Å². The van der Waals surface area contributed by atoms with Gasteiger partial charge in [-0.05, 0) is 17.7 Å². The third-order valence-electron chi connectivity index (χ3n) is 1.86. The third-order valence-corrected chi connectivity index (χ3v) is 1.86. The second-order valence-corrected chi connectivity index (χ2v) is 3.11. The first kappa shape index (κ1) is 11.1. The maximum atomic E-state index is 10.6. The molecule has 0 aliphatic carbocycles. The fourth-order valence-electron chi connectivity index (χ4n) is 1.09. The van der Waals surface area contributed by atoms with Crippen molar-refractivity contribution in [2.45, 2.75) is 6.92 Å². The van der Waals surface area contributed by atoms with Crippen molar-refractivity contribution in [3.05, 3.63) is 41.5 Å². The average molecular weight is 199 g/mol. The second-order valence-electron chi connectivity index (χ2n) is 3.11. The molecule has 1 aromatic carbocycles. The van der Waals surface area contributed by atoms with Gasteiger partial charge in [0.2, 0.25) is 5.91 Å². The van der Waals surface area contributed by atoms with E-state index in [0.717, 1.165) is 11.1 Å². The van der Waals surface area contributed by atoms with Gasteiger partial charge in [0, 0.05) is 19.0 Å². The van der Waals surface area contributed by atoms with Crippen LogP contribution < -0.4 is 5.32 Å². The Balaban J connectivity index is 2.50. The largest absolute Gasteiger partial charge is 0.353 e. The fraction of sp³-hybridized carbons (Fsp3) is 0.154. The Morgan fingerprint density at radius 1 is 1.47 bits per heavy atom. The van der Waals surface area contributed by atoms with Crippen molar-refractivity contribution in [1.29, 1.82) is 0 Å². The van der Waals surface area contributed by atoms with Gasteiger partial charge in [-0.15, -0.1) is 6.42 Å². The summed E-state index contributed by atoms with van der Waals surface area (Å²) in [5.74, 6) is 2.53. The Kier molecular flexibility index (Phi) is 4.18. The molecule has 0 saturated heterocycles. The van der Waals surface area contributed by atoms with E-state index in [1.807, 2.05) is 36.4 Å². The molecule has 0 atom stereocenters. The van der Waals surface area contributed by atoms with Crippen LogP contribution in [0.1, 0.15) is 18.1 Å². The number of carbonyl (C=O) groups is 1. The molecule has 1 rings (SSSR count). The Hall–Kier alpha value is -2.01. The first-order valence-electron chi connectivity index (χ1n) is 4.70. The highest BCUT2D eigenvalue weighted by Crippen LogP contribution is 2.04. The SMILES string of the molecule is C#Cc1ccc(C=CCNC(C)=O)cc1. The molecule has 0 aromatic heterocycles. The normalized spacial score (nSPS) is 9.87. The summed E-state index contributed by atoms with van der Waals surface area (Å²) in [4.78, 5) is 10.6. The zero-order chi connectivity index (χ0) is 11.1. The number of nitrogens with one attached hydrogen (secondary N) is 1. The van der Waals surface area contributed by atoms with Crippen LogP contribution in [0.2, 0.25) is 0 Å². The van der Waals surface area contributed by atoms with E-state index in [-0.39, 0.29) is 5.91 Å².